The van der Waals surface area contributed by atoms with Crippen molar-refractivity contribution >= 4 is 33.2 Å². The summed E-state index contributed by atoms with van der Waals surface area (Å²) in [7, 11) is 0. The molecule has 2 rings (SSSR count). The third kappa shape index (κ3) is 3.42. The summed E-state index contributed by atoms with van der Waals surface area (Å²) in [6, 6.07) is 6.53. The van der Waals surface area contributed by atoms with Gasteiger partial charge in [-0.05, 0) is 42.4 Å². The number of alkyl halides is 1. The van der Waals surface area contributed by atoms with Crippen LogP contribution in [0.1, 0.15) is 38.7 Å². The van der Waals surface area contributed by atoms with Gasteiger partial charge in [-0.1, -0.05) is 35.8 Å². The van der Waals surface area contributed by atoms with Crippen LogP contribution in [-0.4, -0.2) is 13.1 Å². The van der Waals surface area contributed by atoms with Gasteiger partial charge in [-0.15, -0.1) is 11.6 Å². The van der Waals surface area contributed by atoms with Crippen molar-refractivity contribution in [2.45, 2.75) is 39.0 Å². The lowest BCUT2D eigenvalue weighted by Crippen LogP contribution is -2.25. The summed E-state index contributed by atoms with van der Waals surface area (Å²) >= 11 is 9.49. The topological polar surface area (TPSA) is 3.24 Å². The molecule has 100 valence electrons. The third-order valence-corrected chi connectivity index (χ3v) is 4.91. The fraction of sp³-hybridized carbons (Fsp3) is 0.600. The Kier molecular flexibility index (Phi) is 4.60. The number of hydrogen-bond acceptors (Lipinski definition) is 1. The number of nitrogens with zero attached hydrogens (tertiary/aromatic N) is 1. The van der Waals surface area contributed by atoms with E-state index in [2.05, 4.69) is 52.9 Å². The van der Waals surface area contributed by atoms with Crippen LogP contribution in [0, 0.1) is 5.41 Å². The Morgan fingerprint density at radius 3 is 2.72 bits per heavy atom. The minimum atomic E-state index is 0.488. The minimum absolute atomic E-state index is 0.488. The van der Waals surface area contributed by atoms with E-state index in [-0.39, 0.29) is 0 Å². The first-order chi connectivity index (χ1) is 8.52. The standard InChI is InChI=1S/C15H21BrClN/c1-15(2)6-3-8-18(9-7-15)13-5-4-12(11-17)14(16)10-13/h4-5,10H,3,6-9,11H2,1-2H3. The van der Waals surface area contributed by atoms with E-state index in [1.807, 2.05) is 0 Å². The van der Waals surface area contributed by atoms with Gasteiger partial charge in [0.25, 0.3) is 0 Å². The lowest BCUT2D eigenvalue weighted by atomic mass is 9.85. The van der Waals surface area contributed by atoms with Crippen LogP contribution in [0.25, 0.3) is 0 Å². The Balaban J connectivity index is 2.14. The van der Waals surface area contributed by atoms with Crippen LogP contribution in [0.15, 0.2) is 22.7 Å². The van der Waals surface area contributed by atoms with Crippen molar-refractivity contribution in [3.8, 4) is 0 Å². The molecule has 0 amide bonds. The maximum atomic E-state index is 5.89. The number of halogens is 2. The molecule has 0 atom stereocenters. The van der Waals surface area contributed by atoms with E-state index in [1.54, 1.807) is 0 Å². The summed E-state index contributed by atoms with van der Waals surface area (Å²) < 4.78 is 1.12. The summed E-state index contributed by atoms with van der Waals surface area (Å²) in [5.74, 6) is 0.563. The normalized spacial score (nSPS) is 19.7. The second kappa shape index (κ2) is 5.83. The van der Waals surface area contributed by atoms with Gasteiger partial charge in [-0.25, -0.2) is 0 Å². The predicted octanol–water partition coefficient (Wildman–Crippen LogP) is 5.20. The van der Waals surface area contributed by atoms with Crippen LogP contribution >= 0.6 is 27.5 Å². The number of hydrogen-bond donors (Lipinski definition) is 0. The summed E-state index contributed by atoms with van der Waals surface area (Å²) in [4.78, 5) is 2.50. The van der Waals surface area contributed by atoms with Crippen molar-refractivity contribution in [2.24, 2.45) is 5.41 Å². The molecule has 0 radical (unpaired) electrons. The lowest BCUT2D eigenvalue weighted by Gasteiger charge is -2.25. The molecular formula is C15H21BrClN. The Hall–Kier alpha value is -0.210. The van der Waals surface area contributed by atoms with Crippen molar-refractivity contribution in [2.75, 3.05) is 18.0 Å². The highest BCUT2D eigenvalue weighted by atomic mass is 79.9. The fourth-order valence-corrected chi connectivity index (χ4v) is 3.42. The van der Waals surface area contributed by atoms with Crippen molar-refractivity contribution in [3.05, 3.63) is 28.2 Å². The Bertz CT molecular complexity index is 417. The zero-order valence-electron chi connectivity index (χ0n) is 11.2. The van der Waals surface area contributed by atoms with Gasteiger partial charge < -0.3 is 4.90 Å². The van der Waals surface area contributed by atoms with E-state index in [1.165, 1.54) is 24.9 Å². The van der Waals surface area contributed by atoms with E-state index in [0.717, 1.165) is 23.1 Å². The highest BCUT2D eigenvalue weighted by Gasteiger charge is 2.23. The average Bonchev–Trinajstić information content (AvgIpc) is 2.50. The molecule has 0 N–H and O–H groups in total. The molecule has 1 nitrogen and oxygen atoms in total. The van der Waals surface area contributed by atoms with Crippen LogP contribution in [0.5, 0.6) is 0 Å². The Morgan fingerprint density at radius 2 is 2.06 bits per heavy atom. The second-order valence-corrected chi connectivity index (χ2v) is 7.04. The first-order valence-corrected chi connectivity index (χ1v) is 7.94. The smallest absolute Gasteiger partial charge is 0.0485 e. The molecule has 1 saturated heterocycles. The zero-order valence-corrected chi connectivity index (χ0v) is 13.5. The maximum absolute atomic E-state index is 5.89. The Morgan fingerprint density at radius 1 is 1.28 bits per heavy atom. The molecule has 0 saturated carbocycles. The summed E-state index contributed by atoms with van der Waals surface area (Å²) in [5.41, 5.74) is 2.96. The first-order valence-electron chi connectivity index (χ1n) is 6.61. The van der Waals surface area contributed by atoms with Crippen LogP contribution in [0.2, 0.25) is 0 Å². The maximum Gasteiger partial charge on any atom is 0.0485 e. The van der Waals surface area contributed by atoms with Gasteiger partial charge in [0.05, 0.1) is 0 Å². The highest BCUT2D eigenvalue weighted by molar-refractivity contribution is 9.10. The van der Waals surface area contributed by atoms with Gasteiger partial charge in [0.1, 0.15) is 0 Å². The second-order valence-electron chi connectivity index (χ2n) is 5.91. The van der Waals surface area contributed by atoms with E-state index in [0.29, 0.717) is 11.3 Å². The Labute approximate surface area is 124 Å². The molecular weight excluding hydrogens is 310 g/mol. The van der Waals surface area contributed by atoms with Gasteiger partial charge in [-0.3, -0.25) is 0 Å². The molecule has 0 aliphatic carbocycles. The zero-order chi connectivity index (χ0) is 13.2. The van der Waals surface area contributed by atoms with Crippen molar-refractivity contribution in [1.29, 1.82) is 0 Å². The number of rotatable bonds is 2. The fourth-order valence-electron chi connectivity index (χ4n) is 2.52. The van der Waals surface area contributed by atoms with E-state index in [9.17, 15) is 0 Å². The molecule has 3 heteroatoms. The predicted molar refractivity (Wildman–Crippen MR) is 83.5 cm³/mol. The molecule has 1 aliphatic rings. The van der Waals surface area contributed by atoms with Crippen LogP contribution in [0.4, 0.5) is 5.69 Å². The number of anilines is 1. The monoisotopic (exact) mass is 329 g/mol. The van der Waals surface area contributed by atoms with Crippen LogP contribution in [-0.2, 0) is 5.88 Å². The molecule has 0 aromatic heterocycles. The molecule has 0 bridgehead atoms. The van der Waals surface area contributed by atoms with Gasteiger partial charge in [0.15, 0.2) is 0 Å². The largest absolute Gasteiger partial charge is 0.371 e. The van der Waals surface area contributed by atoms with Gasteiger partial charge in [-0.2, -0.15) is 0 Å². The van der Waals surface area contributed by atoms with E-state index >= 15 is 0 Å². The SMILES string of the molecule is CC1(C)CCCN(c2ccc(CCl)c(Br)c2)CC1. The van der Waals surface area contributed by atoms with Crippen LogP contribution < -0.4 is 4.90 Å². The van der Waals surface area contributed by atoms with E-state index in [4.69, 9.17) is 11.6 Å². The van der Waals surface area contributed by atoms with Gasteiger partial charge in [0.2, 0.25) is 0 Å². The van der Waals surface area contributed by atoms with Crippen LogP contribution in [0.3, 0.4) is 0 Å². The van der Waals surface area contributed by atoms with Crippen molar-refractivity contribution in [3.63, 3.8) is 0 Å². The molecule has 1 aromatic carbocycles. The lowest BCUT2D eigenvalue weighted by molar-refractivity contribution is 0.325. The van der Waals surface area contributed by atoms with Gasteiger partial charge >= 0.3 is 0 Å². The molecule has 0 unspecified atom stereocenters. The summed E-state index contributed by atoms with van der Waals surface area (Å²) in [5, 5.41) is 0. The summed E-state index contributed by atoms with van der Waals surface area (Å²) in [6.07, 6.45) is 3.87. The van der Waals surface area contributed by atoms with E-state index < -0.39 is 0 Å². The van der Waals surface area contributed by atoms with Crippen molar-refractivity contribution in [1.82, 2.24) is 0 Å². The molecule has 1 fully saturated rings. The first kappa shape index (κ1) is 14.2. The molecule has 0 spiro atoms. The quantitative estimate of drug-likeness (QED) is 0.673. The number of benzene rings is 1. The molecule has 1 aliphatic heterocycles. The minimum Gasteiger partial charge on any atom is -0.371 e. The van der Waals surface area contributed by atoms with Crippen molar-refractivity contribution < 1.29 is 0 Å². The summed E-state index contributed by atoms with van der Waals surface area (Å²) in [6.45, 7) is 7.07. The molecule has 1 heterocycles. The highest BCUT2D eigenvalue weighted by Crippen LogP contribution is 2.33. The third-order valence-electron chi connectivity index (χ3n) is 3.89. The molecule has 18 heavy (non-hydrogen) atoms. The molecule has 1 aromatic rings. The van der Waals surface area contributed by atoms with Gasteiger partial charge in [0, 0.05) is 29.1 Å². The average molecular weight is 331 g/mol.